The zero-order valence-corrected chi connectivity index (χ0v) is 19.3. The van der Waals surface area contributed by atoms with E-state index in [0.717, 1.165) is 16.5 Å². The number of nitrogens with one attached hydrogen (secondary N) is 2. The molecule has 174 valence electrons. The van der Waals surface area contributed by atoms with Gasteiger partial charge in [-0.25, -0.2) is 0 Å². The lowest BCUT2D eigenvalue weighted by molar-refractivity contribution is -0.135. The van der Waals surface area contributed by atoms with Gasteiger partial charge in [-0.15, -0.1) is 0 Å². The van der Waals surface area contributed by atoms with Crippen LogP contribution in [0.2, 0.25) is 0 Å². The maximum atomic E-state index is 13.2. The van der Waals surface area contributed by atoms with Crippen molar-refractivity contribution in [3.63, 3.8) is 0 Å². The van der Waals surface area contributed by atoms with Crippen LogP contribution < -0.4 is 10.6 Å². The van der Waals surface area contributed by atoms with Crippen LogP contribution in [-0.2, 0) is 20.8 Å². The quantitative estimate of drug-likeness (QED) is 0.553. The smallest absolute Gasteiger partial charge is 0.244 e. The number of carbonyl (C=O) groups excluding carboxylic acids is 3. The molecule has 2 unspecified atom stereocenters. The molecule has 6 nitrogen and oxygen atoms in total. The number of amides is 2. The maximum absolute atomic E-state index is 13.2. The molecule has 2 atom stereocenters. The second-order valence-corrected chi connectivity index (χ2v) is 9.77. The molecule has 2 N–H and O–H groups in total. The Kier molecular flexibility index (Phi) is 5.90. The van der Waals surface area contributed by atoms with Crippen LogP contribution in [0.1, 0.15) is 56.1 Å². The number of anilines is 1. The molecule has 6 heteroatoms. The van der Waals surface area contributed by atoms with Gasteiger partial charge in [0.1, 0.15) is 5.54 Å². The van der Waals surface area contributed by atoms with E-state index in [1.165, 1.54) is 37.7 Å². The van der Waals surface area contributed by atoms with Crippen molar-refractivity contribution in [3.8, 4) is 0 Å². The minimum Gasteiger partial charge on any atom is -0.342 e. The first-order valence-corrected chi connectivity index (χ1v) is 12.0. The molecule has 2 aromatic carbocycles. The van der Waals surface area contributed by atoms with Crippen molar-refractivity contribution >= 4 is 34.2 Å². The van der Waals surface area contributed by atoms with Crippen LogP contribution in [-0.4, -0.2) is 28.1 Å². The van der Waals surface area contributed by atoms with Crippen molar-refractivity contribution in [2.45, 2.75) is 56.9 Å². The first kappa shape index (κ1) is 22.3. The molecule has 0 radical (unpaired) electrons. The fourth-order valence-corrected chi connectivity index (χ4v) is 5.35. The van der Waals surface area contributed by atoms with Gasteiger partial charge in [0.15, 0.2) is 11.7 Å². The predicted octanol–water partition coefficient (Wildman–Crippen LogP) is 4.54. The van der Waals surface area contributed by atoms with E-state index in [2.05, 4.69) is 15.6 Å². The van der Waals surface area contributed by atoms with Crippen LogP contribution in [0.15, 0.2) is 60.8 Å². The van der Waals surface area contributed by atoms with Gasteiger partial charge in [-0.3, -0.25) is 19.4 Å². The lowest BCUT2D eigenvalue weighted by Gasteiger charge is -2.23. The third kappa shape index (κ3) is 4.32. The summed E-state index contributed by atoms with van der Waals surface area (Å²) in [5.74, 6) is -2.32. The average Bonchev–Trinajstić information content (AvgIpc) is 3.07. The fourth-order valence-electron chi connectivity index (χ4n) is 5.35. The number of hydrogen-bond donors (Lipinski definition) is 2. The molecular formula is C28H29N3O3. The first-order chi connectivity index (χ1) is 16.4. The Morgan fingerprint density at radius 3 is 2.59 bits per heavy atom. The van der Waals surface area contributed by atoms with Crippen molar-refractivity contribution in [1.82, 2.24) is 10.3 Å². The third-order valence-corrected chi connectivity index (χ3v) is 7.21. The summed E-state index contributed by atoms with van der Waals surface area (Å²) in [6, 6.07) is 17.4. The van der Waals surface area contributed by atoms with Crippen LogP contribution in [0.4, 0.5) is 5.69 Å². The molecular weight excluding hydrogens is 426 g/mol. The number of hydrogen-bond acceptors (Lipinski definition) is 4. The lowest BCUT2D eigenvalue weighted by Crippen LogP contribution is -2.45. The van der Waals surface area contributed by atoms with E-state index in [4.69, 9.17) is 0 Å². The second kappa shape index (κ2) is 9.01. The summed E-state index contributed by atoms with van der Waals surface area (Å²) in [7, 11) is 0. The maximum Gasteiger partial charge on any atom is 0.244 e. The van der Waals surface area contributed by atoms with Crippen molar-refractivity contribution in [1.29, 1.82) is 0 Å². The Bertz CT molecular complexity index is 1250. The SMILES string of the molecule is CC1(Cc2ccc3ncccc3c2)NC(=O)C(C(=O)Nc2ccc(C3CCCCC3)cc2)C1=O. The number of fused-ring (bicyclic) bond motifs is 1. The molecule has 2 heterocycles. The molecule has 0 spiro atoms. The van der Waals surface area contributed by atoms with Crippen LogP contribution in [0, 0.1) is 5.92 Å². The minimum absolute atomic E-state index is 0.308. The molecule has 1 aromatic heterocycles. The number of ketones is 1. The Balaban J connectivity index is 1.27. The third-order valence-electron chi connectivity index (χ3n) is 7.21. The van der Waals surface area contributed by atoms with Gasteiger partial charge in [0.2, 0.25) is 11.8 Å². The van der Waals surface area contributed by atoms with Gasteiger partial charge in [0.25, 0.3) is 0 Å². The number of nitrogens with zero attached hydrogens (tertiary/aromatic N) is 1. The number of Topliss-reactive ketones (excluding diaryl/α,β-unsaturated/α-hetero) is 1. The van der Waals surface area contributed by atoms with Gasteiger partial charge in [0, 0.05) is 23.7 Å². The number of rotatable bonds is 5. The summed E-state index contributed by atoms with van der Waals surface area (Å²) < 4.78 is 0. The van der Waals surface area contributed by atoms with Crippen LogP contribution in [0.5, 0.6) is 0 Å². The highest BCUT2D eigenvalue weighted by Crippen LogP contribution is 2.33. The Morgan fingerprint density at radius 2 is 1.82 bits per heavy atom. The first-order valence-electron chi connectivity index (χ1n) is 12.0. The summed E-state index contributed by atoms with van der Waals surface area (Å²) in [5.41, 5.74) is 2.51. The molecule has 0 bridgehead atoms. The van der Waals surface area contributed by atoms with Gasteiger partial charge in [-0.1, -0.05) is 43.5 Å². The van der Waals surface area contributed by atoms with Crippen molar-refractivity contribution < 1.29 is 14.4 Å². The fraction of sp³-hybridized carbons (Fsp3) is 0.357. The standard InChI is InChI=1S/C28H29N3O3/c1-28(17-18-9-14-23-21(16-18)8-5-15-29-23)25(32)24(27(34)31-28)26(33)30-22-12-10-20(11-13-22)19-6-3-2-4-7-19/h5,8-16,19,24H,2-4,6-7,17H2,1H3,(H,30,33)(H,31,34). The molecule has 5 rings (SSSR count). The summed E-state index contributed by atoms with van der Waals surface area (Å²) >= 11 is 0. The van der Waals surface area contributed by atoms with Crippen LogP contribution >= 0.6 is 0 Å². The molecule has 34 heavy (non-hydrogen) atoms. The second-order valence-electron chi connectivity index (χ2n) is 9.77. The zero-order chi connectivity index (χ0) is 23.7. The monoisotopic (exact) mass is 455 g/mol. The Hall–Kier alpha value is -3.54. The molecule has 1 aliphatic heterocycles. The largest absolute Gasteiger partial charge is 0.342 e. The summed E-state index contributed by atoms with van der Waals surface area (Å²) in [5, 5.41) is 6.52. The van der Waals surface area contributed by atoms with Crippen molar-refractivity contribution in [2.24, 2.45) is 5.92 Å². The molecule has 1 aliphatic carbocycles. The molecule has 3 aromatic rings. The topological polar surface area (TPSA) is 88.2 Å². The van der Waals surface area contributed by atoms with Crippen molar-refractivity contribution in [2.75, 3.05) is 5.32 Å². The van der Waals surface area contributed by atoms with Crippen LogP contribution in [0.3, 0.4) is 0 Å². The summed E-state index contributed by atoms with van der Waals surface area (Å²) in [6.45, 7) is 1.69. The highest BCUT2D eigenvalue weighted by molar-refractivity contribution is 6.27. The van der Waals surface area contributed by atoms with Crippen molar-refractivity contribution in [3.05, 3.63) is 71.9 Å². The molecule has 1 saturated carbocycles. The molecule has 2 fully saturated rings. The number of pyridine rings is 1. The van der Waals surface area contributed by atoms with E-state index in [-0.39, 0.29) is 0 Å². The summed E-state index contributed by atoms with van der Waals surface area (Å²) in [6.07, 6.45) is 8.27. The van der Waals surface area contributed by atoms with E-state index in [9.17, 15) is 14.4 Å². The van der Waals surface area contributed by atoms with Gasteiger partial charge in [-0.2, -0.15) is 0 Å². The average molecular weight is 456 g/mol. The van der Waals surface area contributed by atoms with Gasteiger partial charge in [-0.05, 0) is 67.1 Å². The molecule has 1 saturated heterocycles. The van der Waals surface area contributed by atoms with E-state index in [1.54, 1.807) is 13.1 Å². The Morgan fingerprint density at radius 1 is 1.06 bits per heavy atom. The zero-order valence-electron chi connectivity index (χ0n) is 19.3. The molecule has 2 amide bonds. The van der Waals surface area contributed by atoms with E-state index < -0.39 is 29.1 Å². The van der Waals surface area contributed by atoms with E-state index in [0.29, 0.717) is 18.0 Å². The highest BCUT2D eigenvalue weighted by atomic mass is 16.2. The summed E-state index contributed by atoms with van der Waals surface area (Å²) in [4.78, 5) is 43.2. The van der Waals surface area contributed by atoms with Gasteiger partial charge < -0.3 is 10.6 Å². The molecule has 2 aliphatic rings. The normalized spacial score (nSPS) is 23.1. The number of aromatic nitrogens is 1. The Labute approximate surface area is 199 Å². The van der Waals surface area contributed by atoms with E-state index in [1.807, 2.05) is 54.6 Å². The highest BCUT2D eigenvalue weighted by Gasteiger charge is 2.52. The van der Waals surface area contributed by atoms with Crippen LogP contribution in [0.25, 0.3) is 10.9 Å². The minimum atomic E-state index is -1.36. The van der Waals surface area contributed by atoms with E-state index >= 15 is 0 Å². The van der Waals surface area contributed by atoms with Gasteiger partial charge >= 0.3 is 0 Å². The number of carbonyl (C=O) groups is 3. The predicted molar refractivity (Wildman–Crippen MR) is 131 cm³/mol. The lowest BCUT2D eigenvalue weighted by atomic mass is 9.84. The van der Waals surface area contributed by atoms with Gasteiger partial charge in [0.05, 0.1) is 5.52 Å². The number of benzene rings is 2.